The van der Waals surface area contributed by atoms with Gasteiger partial charge in [-0.05, 0) is 64.8 Å². The summed E-state index contributed by atoms with van der Waals surface area (Å²) in [7, 11) is 0. The topological polar surface area (TPSA) is 73.0 Å². The van der Waals surface area contributed by atoms with Crippen LogP contribution in [0.3, 0.4) is 0 Å². The maximum atomic E-state index is 10.6. The number of piperidine rings is 1. The minimum atomic E-state index is -1.12. The molecule has 0 aliphatic carbocycles. The third-order valence-corrected chi connectivity index (χ3v) is 4.80. The lowest BCUT2D eigenvalue weighted by molar-refractivity contribution is 0.0428. The van der Waals surface area contributed by atoms with E-state index in [1.807, 2.05) is 26.0 Å². The Morgan fingerprint density at radius 3 is 2.65 bits per heavy atom. The molecule has 26 heavy (non-hydrogen) atoms. The van der Waals surface area contributed by atoms with E-state index in [2.05, 4.69) is 27.4 Å². The Bertz CT molecular complexity index is 562. The predicted molar refractivity (Wildman–Crippen MR) is 106 cm³/mol. The summed E-state index contributed by atoms with van der Waals surface area (Å²) in [6, 6.07) is 3.67. The molecule has 6 heteroatoms. The zero-order chi connectivity index (χ0) is 19.0. The molecule has 1 aliphatic heterocycles. The number of furan rings is 1. The van der Waals surface area contributed by atoms with E-state index in [4.69, 9.17) is 4.42 Å². The third-order valence-electron chi connectivity index (χ3n) is 4.80. The van der Waals surface area contributed by atoms with Gasteiger partial charge in [-0.2, -0.15) is 0 Å². The summed E-state index contributed by atoms with van der Waals surface area (Å²) in [6.45, 7) is 13.4. The van der Waals surface area contributed by atoms with Crippen LogP contribution in [0.1, 0.15) is 51.6 Å². The van der Waals surface area contributed by atoms with Crippen molar-refractivity contribution in [3.63, 3.8) is 0 Å². The van der Waals surface area contributed by atoms with Crippen molar-refractivity contribution in [3.05, 3.63) is 23.7 Å². The fourth-order valence-corrected chi connectivity index (χ4v) is 3.29. The number of aryl methyl sites for hydroxylation is 1. The van der Waals surface area contributed by atoms with Gasteiger partial charge in [-0.1, -0.05) is 13.3 Å². The molecule has 0 radical (unpaired) electrons. The van der Waals surface area contributed by atoms with Crippen LogP contribution < -0.4 is 10.6 Å². The van der Waals surface area contributed by atoms with Crippen molar-refractivity contribution >= 4 is 5.96 Å². The summed E-state index contributed by atoms with van der Waals surface area (Å²) in [5.74, 6) is 2.63. The van der Waals surface area contributed by atoms with E-state index in [0.29, 0.717) is 11.7 Å². The fourth-order valence-electron chi connectivity index (χ4n) is 3.29. The highest BCUT2D eigenvalue weighted by molar-refractivity contribution is 5.79. The number of guanidine groups is 1. The van der Waals surface area contributed by atoms with Crippen molar-refractivity contribution in [2.45, 2.75) is 52.6 Å². The zero-order valence-electron chi connectivity index (χ0n) is 16.8. The van der Waals surface area contributed by atoms with Gasteiger partial charge in [0, 0.05) is 19.6 Å². The zero-order valence-corrected chi connectivity index (χ0v) is 16.8. The van der Waals surface area contributed by atoms with Gasteiger partial charge in [0.15, 0.2) is 5.96 Å². The first-order chi connectivity index (χ1) is 12.4. The van der Waals surface area contributed by atoms with E-state index in [-0.39, 0.29) is 6.54 Å². The lowest BCUT2D eigenvalue weighted by atomic mass is 10.0. The summed E-state index contributed by atoms with van der Waals surface area (Å²) in [5, 5.41) is 17.3. The smallest absolute Gasteiger partial charge is 0.191 e. The second kappa shape index (κ2) is 9.97. The molecule has 1 aliphatic rings. The Labute approximate surface area is 158 Å². The maximum absolute atomic E-state index is 10.6. The quantitative estimate of drug-likeness (QED) is 0.488. The van der Waals surface area contributed by atoms with Crippen molar-refractivity contribution in [1.82, 2.24) is 15.5 Å². The average molecular weight is 365 g/mol. The molecular formula is C20H36N4O2. The Hall–Kier alpha value is -1.53. The largest absolute Gasteiger partial charge is 0.463 e. The van der Waals surface area contributed by atoms with Gasteiger partial charge in [0.05, 0.1) is 6.54 Å². The van der Waals surface area contributed by atoms with Crippen LogP contribution in [0.4, 0.5) is 0 Å². The fraction of sp³-hybridized carbons (Fsp3) is 0.750. The molecule has 1 aromatic heterocycles. The van der Waals surface area contributed by atoms with Crippen LogP contribution in [0.15, 0.2) is 21.5 Å². The molecule has 6 nitrogen and oxygen atoms in total. The van der Waals surface area contributed by atoms with Crippen molar-refractivity contribution in [3.8, 4) is 0 Å². The third kappa shape index (κ3) is 6.65. The highest BCUT2D eigenvalue weighted by atomic mass is 16.4. The number of aliphatic hydroxyl groups is 1. The molecule has 0 amide bonds. The molecule has 2 rings (SSSR count). The van der Waals surface area contributed by atoms with Crippen LogP contribution in [0, 0.1) is 12.8 Å². The van der Waals surface area contributed by atoms with Gasteiger partial charge in [-0.25, -0.2) is 4.99 Å². The van der Waals surface area contributed by atoms with Crippen molar-refractivity contribution in [2.75, 3.05) is 39.3 Å². The van der Waals surface area contributed by atoms with E-state index in [1.54, 1.807) is 6.92 Å². The predicted octanol–water partition coefficient (Wildman–Crippen LogP) is 2.47. The summed E-state index contributed by atoms with van der Waals surface area (Å²) in [4.78, 5) is 7.12. The molecule has 0 bridgehead atoms. The first kappa shape index (κ1) is 20.8. The Morgan fingerprint density at radius 1 is 1.31 bits per heavy atom. The van der Waals surface area contributed by atoms with Crippen molar-refractivity contribution in [2.24, 2.45) is 10.9 Å². The van der Waals surface area contributed by atoms with Crippen LogP contribution in [-0.2, 0) is 5.60 Å². The minimum absolute atomic E-state index is 0.246. The van der Waals surface area contributed by atoms with Gasteiger partial charge >= 0.3 is 0 Å². The van der Waals surface area contributed by atoms with Crippen LogP contribution in [0.2, 0.25) is 0 Å². The molecule has 2 heterocycles. The number of rotatable bonds is 8. The molecule has 1 fully saturated rings. The lowest BCUT2D eigenvalue weighted by Gasteiger charge is -2.29. The van der Waals surface area contributed by atoms with Crippen LogP contribution in [0.25, 0.3) is 0 Å². The second-order valence-electron chi connectivity index (χ2n) is 7.73. The molecule has 1 saturated heterocycles. The molecule has 0 saturated carbocycles. The maximum Gasteiger partial charge on any atom is 0.191 e. The van der Waals surface area contributed by atoms with Gasteiger partial charge < -0.3 is 25.1 Å². The van der Waals surface area contributed by atoms with Crippen molar-refractivity contribution in [1.29, 1.82) is 0 Å². The molecule has 0 spiro atoms. The molecular weight excluding hydrogens is 328 g/mol. The van der Waals surface area contributed by atoms with Gasteiger partial charge in [0.1, 0.15) is 17.1 Å². The SMILES string of the molecule is CCNC(=NCC(C)(O)c1ccc(C)o1)NCC(C)CN1CCCCC1. The molecule has 2 atom stereocenters. The lowest BCUT2D eigenvalue weighted by Crippen LogP contribution is -2.43. The first-order valence-corrected chi connectivity index (χ1v) is 9.94. The van der Waals surface area contributed by atoms with Crippen LogP contribution >= 0.6 is 0 Å². The summed E-state index contributed by atoms with van der Waals surface area (Å²) in [6.07, 6.45) is 4.02. The standard InChI is InChI=1S/C20H36N4O2/c1-5-21-19(22-13-16(2)14-24-11-7-6-8-12-24)23-15-20(4,25)18-10-9-17(3)26-18/h9-10,16,25H,5-8,11-15H2,1-4H3,(H2,21,22,23). The molecule has 148 valence electrons. The van der Waals surface area contributed by atoms with Gasteiger partial charge in [0.25, 0.3) is 0 Å². The minimum Gasteiger partial charge on any atom is -0.463 e. The summed E-state index contributed by atoms with van der Waals surface area (Å²) in [5.41, 5.74) is -1.12. The van der Waals surface area contributed by atoms with E-state index in [9.17, 15) is 5.11 Å². The number of hydrogen-bond acceptors (Lipinski definition) is 4. The van der Waals surface area contributed by atoms with Gasteiger partial charge in [0.2, 0.25) is 0 Å². The molecule has 3 N–H and O–H groups in total. The number of hydrogen-bond donors (Lipinski definition) is 3. The second-order valence-corrected chi connectivity index (χ2v) is 7.73. The Balaban J connectivity index is 1.85. The molecule has 0 aromatic carbocycles. The van der Waals surface area contributed by atoms with E-state index >= 15 is 0 Å². The normalized spacial score (nSPS) is 19.8. The monoisotopic (exact) mass is 364 g/mol. The average Bonchev–Trinajstić information content (AvgIpc) is 3.06. The Morgan fingerprint density at radius 2 is 2.04 bits per heavy atom. The Kier molecular flexibility index (Phi) is 7.97. The number of likely N-dealkylation sites (tertiary alicyclic amines) is 1. The highest BCUT2D eigenvalue weighted by Crippen LogP contribution is 2.23. The van der Waals surface area contributed by atoms with Gasteiger partial charge in [-0.3, -0.25) is 0 Å². The van der Waals surface area contributed by atoms with E-state index in [1.165, 1.54) is 32.4 Å². The van der Waals surface area contributed by atoms with Crippen LogP contribution in [0.5, 0.6) is 0 Å². The number of nitrogens with zero attached hydrogens (tertiary/aromatic N) is 2. The van der Waals surface area contributed by atoms with E-state index < -0.39 is 5.60 Å². The number of aliphatic imine (C=N–C) groups is 1. The molecule has 1 aromatic rings. The van der Waals surface area contributed by atoms with Gasteiger partial charge in [-0.15, -0.1) is 0 Å². The first-order valence-electron chi connectivity index (χ1n) is 9.94. The van der Waals surface area contributed by atoms with E-state index in [0.717, 1.165) is 31.4 Å². The summed E-state index contributed by atoms with van der Waals surface area (Å²) < 4.78 is 5.56. The number of nitrogens with one attached hydrogen (secondary N) is 2. The summed E-state index contributed by atoms with van der Waals surface area (Å²) >= 11 is 0. The van der Waals surface area contributed by atoms with Crippen molar-refractivity contribution < 1.29 is 9.52 Å². The van der Waals surface area contributed by atoms with Crippen LogP contribution in [-0.4, -0.2) is 55.2 Å². The highest BCUT2D eigenvalue weighted by Gasteiger charge is 2.26. The molecule has 2 unspecified atom stereocenters.